The highest BCUT2D eigenvalue weighted by Crippen LogP contribution is 2.07. The zero-order chi connectivity index (χ0) is 12.3. The topological polar surface area (TPSA) is 76.4 Å². The third-order valence-electron chi connectivity index (χ3n) is 2.53. The molecule has 0 radical (unpaired) electrons. The smallest absolute Gasteiger partial charge is 0.206 e. The zero-order valence-electron chi connectivity index (χ0n) is 9.54. The number of rotatable bonds is 3. The predicted molar refractivity (Wildman–Crippen MR) is 65.0 cm³/mol. The molecule has 1 aromatic heterocycles. The average molecular weight is 230 g/mol. The molecule has 3 N–H and O–H groups in total. The highest BCUT2D eigenvalue weighted by molar-refractivity contribution is 5.93. The van der Waals surface area contributed by atoms with Crippen LogP contribution in [-0.4, -0.2) is 20.6 Å². The Morgan fingerprint density at radius 1 is 1.41 bits per heavy atom. The molecular formula is C12H14N4O. The summed E-state index contributed by atoms with van der Waals surface area (Å²) in [6, 6.07) is 8.20. The molecule has 88 valence electrons. The molecular weight excluding hydrogens is 216 g/mol. The monoisotopic (exact) mass is 230 g/mol. The molecule has 2 aromatic rings. The Bertz CT molecular complexity index is 528. The first-order valence-electron chi connectivity index (χ1n) is 5.25. The van der Waals surface area contributed by atoms with Crippen molar-refractivity contribution in [3.63, 3.8) is 0 Å². The van der Waals surface area contributed by atoms with Crippen molar-refractivity contribution in [1.29, 1.82) is 0 Å². The lowest BCUT2D eigenvalue weighted by Gasteiger charge is -2.07. The van der Waals surface area contributed by atoms with E-state index < -0.39 is 0 Å². The van der Waals surface area contributed by atoms with Crippen LogP contribution in [0.5, 0.6) is 0 Å². The maximum absolute atomic E-state index is 8.64. The Labute approximate surface area is 99.2 Å². The van der Waals surface area contributed by atoms with Gasteiger partial charge in [0.05, 0.1) is 0 Å². The summed E-state index contributed by atoms with van der Waals surface area (Å²) in [6.07, 6.45) is 3.43. The molecule has 0 atom stereocenters. The fraction of sp³-hybridized carbons (Fsp3) is 0.167. The van der Waals surface area contributed by atoms with E-state index in [2.05, 4.69) is 22.3 Å². The van der Waals surface area contributed by atoms with Crippen LogP contribution in [0.4, 0.5) is 0 Å². The van der Waals surface area contributed by atoms with Crippen LogP contribution in [0.2, 0.25) is 0 Å². The Morgan fingerprint density at radius 2 is 2.12 bits per heavy atom. The van der Waals surface area contributed by atoms with Crippen molar-refractivity contribution >= 4 is 5.84 Å². The summed E-state index contributed by atoms with van der Waals surface area (Å²) in [6.45, 7) is 2.69. The third kappa shape index (κ3) is 2.44. The number of hydrogen-bond donors (Lipinski definition) is 2. The summed E-state index contributed by atoms with van der Waals surface area (Å²) in [5.74, 6) is 0.482. The maximum Gasteiger partial charge on any atom is 0.206 e. The van der Waals surface area contributed by atoms with Crippen LogP contribution in [0, 0.1) is 6.92 Å². The van der Waals surface area contributed by atoms with Crippen molar-refractivity contribution in [3.05, 3.63) is 53.6 Å². The second-order valence-electron chi connectivity index (χ2n) is 3.85. The van der Waals surface area contributed by atoms with Crippen molar-refractivity contribution in [2.75, 3.05) is 0 Å². The Hall–Kier alpha value is -2.30. The molecule has 0 bridgehead atoms. The summed E-state index contributed by atoms with van der Waals surface area (Å²) in [4.78, 5) is 4.05. The summed E-state index contributed by atoms with van der Waals surface area (Å²) in [5, 5.41) is 11.6. The summed E-state index contributed by atoms with van der Waals surface area (Å²) in [5.41, 5.74) is 7.89. The van der Waals surface area contributed by atoms with Crippen LogP contribution in [0.1, 0.15) is 17.0 Å². The lowest BCUT2D eigenvalue weighted by atomic mass is 10.1. The first-order chi connectivity index (χ1) is 8.20. The van der Waals surface area contributed by atoms with Gasteiger partial charge in [0, 0.05) is 18.9 Å². The molecule has 2 rings (SSSR count). The maximum atomic E-state index is 8.64. The van der Waals surface area contributed by atoms with Crippen LogP contribution in [-0.2, 0) is 6.54 Å². The van der Waals surface area contributed by atoms with Crippen molar-refractivity contribution in [2.45, 2.75) is 13.5 Å². The fourth-order valence-corrected chi connectivity index (χ4v) is 1.60. The number of imidazole rings is 1. The van der Waals surface area contributed by atoms with Crippen LogP contribution >= 0.6 is 0 Å². The van der Waals surface area contributed by atoms with E-state index in [9.17, 15) is 0 Å². The zero-order valence-corrected chi connectivity index (χ0v) is 9.54. The van der Waals surface area contributed by atoms with Crippen LogP contribution in [0.15, 0.2) is 41.8 Å². The molecule has 0 aliphatic rings. The minimum Gasteiger partial charge on any atom is -0.409 e. The summed E-state index contributed by atoms with van der Waals surface area (Å²) in [7, 11) is 0. The van der Waals surface area contributed by atoms with Gasteiger partial charge in [0.1, 0.15) is 0 Å². The van der Waals surface area contributed by atoms with Crippen LogP contribution in [0.3, 0.4) is 0 Å². The normalized spacial score (nSPS) is 11.7. The largest absolute Gasteiger partial charge is 0.409 e. The van der Waals surface area contributed by atoms with E-state index in [1.807, 2.05) is 23.6 Å². The van der Waals surface area contributed by atoms with Gasteiger partial charge in [0.2, 0.25) is 5.84 Å². The van der Waals surface area contributed by atoms with Gasteiger partial charge in [0.25, 0.3) is 0 Å². The van der Waals surface area contributed by atoms with Gasteiger partial charge in [-0.1, -0.05) is 35.0 Å². The highest BCUT2D eigenvalue weighted by Gasteiger charge is 2.07. The van der Waals surface area contributed by atoms with E-state index in [0.717, 1.165) is 5.56 Å². The molecule has 1 aromatic carbocycles. The molecule has 0 unspecified atom stereocenters. The Morgan fingerprint density at radius 3 is 2.76 bits per heavy atom. The molecule has 0 spiro atoms. The molecule has 1 heterocycles. The molecule has 5 heteroatoms. The van der Waals surface area contributed by atoms with Gasteiger partial charge in [-0.05, 0) is 12.5 Å². The van der Waals surface area contributed by atoms with E-state index in [1.54, 1.807) is 12.4 Å². The van der Waals surface area contributed by atoms with Gasteiger partial charge in [0.15, 0.2) is 5.82 Å². The molecule has 0 aliphatic carbocycles. The number of hydrogen-bond acceptors (Lipinski definition) is 3. The molecule has 17 heavy (non-hydrogen) atoms. The number of nitrogens with zero attached hydrogens (tertiary/aromatic N) is 3. The molecule has 5 nitrogen and oxygen atoms in total. The summed E-state index contributed by atoms with van der Waals surface area (Å²) < 4.78 is 1.83. The minimum absolute atomic E-state index is 0.0158. The summed E-state index contributed by atoms with van der Waals surface area (Å²) >= 11 is 0. The Kier molecular flexibility index (Phi) is 3.09. The van der Waals surface area contributed by atoms with Crippen molar-refractivity contribution in [2.24, 2.45) is 10.9 Å². The SMILES string of the molecule is Cc1ccc(Cn2ccnc2C(N)=NO)cc1. The van der Waals surface area contributed by atoms with E-state index in [4.69, 9.17) is 10.9 Å². The molecule has 0 fully saturated rings. The second-order valence-corrected chi connectivity index (χ2v) is 3.85. The first-order valence-corrected chi connectivity index (χ1v) is 5.25. The van der Waals surface area contributed by atoms with Crippen molar-refractivity contribution in [1.82, 2.24) is 9.55 Å². The Balaban J connectivity index is 2.25. The quantitative estimate of drug-likeness (QED) is 0.361. The first kappa shape index (κ1) is 11.2. The minimum atomic E-state index is 0.0158. The van der Waals surface area contributed by atoms with E-state index in [-0.39, 0.29) is 5.84 Å². The second kappa shape index (κ2) is 4.69. The van der Waals surface area contributed by atoms with Gasteiger partial charge in [-0.15, -0.1) is 0 Å². The molecule has 0 saturated carbocycles. The van der Waals surface area contributed by atoms with Crippen molar-refractivity contribution in [3.8, 4) is 0 Å². The van der Waals surface area contributed by atoms with Crippen LogP contribution < -0.4 is 5.73 Å². The van der Waals surface area contributed by atoms with Gasteiger partial charge in [-0.25, -0.2) is 4.98 Å². The number of aryl methyl sites for hydroxylation is 1. The number of benzene rings is 1. The standard InChI is InChI=1S/C12H14N4O/c1-9-2-4-10(5-3-9)8-16-7-6-14-12(16)11(13)15-17/h2-7,17H,8H2,1H3,(H2,13,15). The van der Waals surface area contributed by atoms with E-state index >= 15 is 0 Å². The van der Waals surface area contributed by atoms with Gasteiger partial charge < -0.3 is 15.5 Å². The van der Waals surface area contributed by atoms with E-state index in [1.165, 1.54) is 5.56 Å². The van der Waals surface area contributed by atoms with Gasteiger partial charge in [-0.2, -0.15) is 0 Å². The van der Waals surface area contributed by atoms with Gasteiger partial charge >= 0.3 is 0 Å². The number of amidine groups is 1. The predicted octanol–water partition coefficient (Wildman–Crippen LogP) is 1.33. The number of nitrogens with two attached hydrogens (primary N) is 1. The average Bonchev–Trinajstić information content (AvgIpc) is 2.79. The lowest BCUT2D eigenvalue weighted by molar-refractivity contribution is 0.318. The third-order valence-corrected chi connectivity index (χ3v) is 2.53. The number of aromatic nitrogens is 2. The molecule has 0 amide bonds. The van der Waals surface area contributed by atoms with E-state index in [0.29, 0.717) is 12.4 Å². The number of oxime groups is 1. The van der Waals surface area contributed by atoms with Crippen molar-refractivity contribution < 1.29 is 5.21 Å². The van der Waals surface area contributed by atoms with Gasteiger partial charge in [-0.3, -0.25) is 0 Å². The molecule has 0 aliphatic heterocycles. The highest BCUT2D eigenvalue weighted by atomic mass is 16.4. The fourth-order valence-electron chi connectivity index (χ4n) is 1.60. The lowest BCUT2D eigenvalue weighted by Crippen LogP contribution is -2.19. The molecule has 0 saturated heterocycles. The van der Waals surface area contributed by atoms with Crippen LogP contribution in [0.25, 0.3) is 0 Å².